The minimum absolute atomic E-state index is 0.221. The molecule has 0 aliphatic heterocycles. The maximum atomic E-state index is 11.7. The summed E-state index contributed by atoms with van der Waals surface area (Å²) in [6.07, 6.45) is 9.90. The molecule has 0 fully saturated rings. The van der Waals surface area contributed by atoms with Crippen molar-refractivity contribution in [2.24, 2.45) is 7.05 Å². The van der Waals surface area contributed by atoms with Crippen LogP contribution >= 0.6 is 0 Å². The van der Waals surface area contributed by atoms with Gasteiger partial charge in [-0.1, -0.05) is 0 Å². The number of anilines is 1. The van der Waals surface area contributed by atoms with Gasteiger partial charge in [-0.25, -0.2) is 4.68 Å². The van der Waals surface area contributed by atoms with E-state index in [1.165, 1.54) is 6.08 Å². The molecule has 100 valence electrons. The zero-order valence-electron chi connectivity index (χ0n) is 10.8. The molecule has 7 nitrogen and oxygen atoms in total. The number of carbonyl (C=O) groups is 1. The fourth-order valence-electron chi connectivity index (χ4n) is 1.51. The van der Waals surface area contributed by atoms with Crippen molar-refractivity contribution in [1.29, 1.82) is 0 Å². The van der Waals surface area contributed by atoms with E-state index in [1.807, 2.05) is 13.2 Å². The predicted molar refractivity (Wildman–Crippen MR) is 70.1 cm³/mol. The van der Waals surface area contributed by atoms with Crippen LogP contribution in [-0.2, 0) is 23.3 Å². The monoisotopic (exact) mass is 261 g/mol. The molecule has 0 saturated heterocycles. The minimum atomic E-state index is -0.221. The highest BCUT2D eigenvalue weighted by molar-refractivity contribution is 6.01. The third-order valence-electron chi connectivity index (χ3n) is 2.31. The van der Waals surface area contributed by atoms with E-state index in [0.717, 1.165) is 5.56 Å². The van der Waals surface area contributed by atoms with Gasteiger partial charge >= 0.3 is 0 Å². The lowest BCUT2D eigenvalue weighted by atomic mass is 10.3. The summed E-state index contributed by atoms with van der Waals surface area (Å²) in [7, 11) is 3.40. The van der Waals surface area contributed by atoms with Crippen molar-refractivity contribution in [3.63, 3.8) is 0 Å². The van der Waals surface area contributed by atoms with E-state index >= 15 is 0 Å². The Hall–Kier alpha value is -2.41. The number of ether oxygens (including phenoxy) is 1. The molecular formula is C12H15N5O2. The Morgan fingerprint density at radius 1 is 1.42 bits per heavy atom. The van der Waals surface area contributed by atoms with Gasteiger partial charge in [0.15, 0.2) is 0 Å². The summed E-state index contributed by atoms with van der Waals surface area (Å²) in [6.45, 7) is 0.349. The number of aryl methyl sites for hydroxylation is 1. The number of methoxy groups -OCH3 is 1. The van der Waals surface area contributed by atoms with Gasteiger partial charge in [0, 0.05) is 32.0 Å². The van der Waals surface area contributed by atoms with Crippen LogP contribution in [0.2, 0.25) is 0 Å². The van der Waals surface area contributed by atoms with Crippen LogP contribution in [0.1, 0.15) is 5.56 Å². The van der Waals surface area contributed by atoms with Gasteiger partial charge in [-0.2, -0.15) is 10.2 Å². The normalized spacial score (nSPS) is 11.1. The van der Waals surface area contributed by atoms with Gasteiger partial charge in [0.25, 0.3) is 0 Å². The van der Waals surface area contributed by atoms with Crippen LogP contribution in [0.5, 0.6) is 0 Å². The van der Waals surface area contributed by atoms with Crippen molar-refractivity contribution in [3.8, 4) is 0 Å². The number of nitrogens with zero attached hydrogens (tertiary/aromatic N) is 4. The summed E-state index contributed by atoms with van der Waals surface area (Å²) >= 11 is 0. The Morgan fingerprint density at radius 3 is 2.95 bits per heavy atom. The lowest BCUT2D eigenvalue weighted by molar-refractivity contribution is -0.111. The second kappa shape index (κ2) is 5.96. The number of aromatic nitrogens is 4. The van der Waals surface area contributed by atoms with Gasteiger partial charge in [0.05, 0.1) is 24.3 Å². The highest BCUT2D eigenvalue weighted by Crippen LogP contribution is 2.05. The van der Waals surface area contributed by atoms with E-state index in [1.54, 1.807) is 41.1 Å². The van der Waals surface area contributed by atoms with Crippen LogP contribution in [0, 0.1) is 0 Å². The van der Waals surface area contributed by atoms with Crippen molar-refractivity contribution >= 4 is 17.7 Å². The molecule has 1 amide bonds. The van der Waals surface area contributed by atoms with E-state index in [-0.39, 0.29) is 5.91 Å². The molecule has 1 N–H and O–H groups in total. The lowest BCUT2D eigenvalue weighted by Gasteiger charge is -1.97. The first-order valence-electron chi connectivity index (χ1n) is 5.66. The highest BCUT2D eigenvalue weighted by Gasteiger charge is 2.01. The van der Waals surface area contributed by atoms with Gasteiger partial charge in [-0.05, 0) is 6.08 Å². The van der Waals surface area contributed by atoms with Crippen LogP contribution in [-0.4, -0.2) is 32.6 Å². The molecule has 2 rings (SSSR count). The number of nitrogens with one attached hydrogen (secondary N) is 1. The third kappa shape index (κ3) is 3.78. The van der Waals surface area contributed by atoms with Gasteiger partial charge in [-0.3, -0.25) is 9.48 Å². The molecule has 0 atom stereocenters. The zero-order valence-corrected chi connectivity index (χ0v) is 10.8. The predicted octanol–water partition coefficient (Wildman–Crippen LogP) is 0.872. The number of hydrogen-bond donors (Lipinski definition) is 1. The Morgan fingerprint density at radius 2 is 2.26 bits per heavy atom. The zero-order chi connectivity index (χ0) is 13.7. The molecule has 2 aromatic rings. The summed E-state index contributed by atoms with van der Waals surface area (Å²) < 4.78 is 8.18. The Balaban J connectivity index is 1.91. The molecule has 0 saturated carbocycles. The maximum Gasteiger partial charge on any atom is 0.248 e. The molecule has 0 unspecified atom stereocenters. The quantitative estimate of drug-likeness (QED) is 0.810. The van der Waals surface area contributed by atoms with Crippen LogP contribution in [0.3, 0.4) is 0 Å². The molecular weight excluding hydrogens is 246 g/mol. The highest BCUT2D eigenvalue weighted by atomic mass is 16.5. The average Bonchev–Trinajstić information content (AvgIpc) is 2.97. The molecule has 0 aliphatic rings. The Labute approximate surface area is 110 Å². The summed E-state index contributed by atoms with van der Waals surface area (Å²) in [6, 6.07) is 0. The van der Waals surface area contributed by atoms with Crippen molar-refractivity contribution < 1.29 is 9.53 Å². The first-order chi connectivity index (χ1) is 9.17. The fourth-order valence-corrected chi connectivity index (χ4v) is 1.51. The summed E-state index contributed by atoms with van der Waals surface area (Å²) in [5.74, 6) is -0.221. The molecule has 0 aliphatic carbocycles. The lowest BCUT2D eigenvalue weighted by Crippen LogP contribution is -2.07. The summed E-state index contributed by atoms with van der Waals surface area (Å²) in [5.41, 5.74) is 1.49. The van der Waals surface area contributed by atoms with Gasteiger partial charge in [0.2, 0.25) is 5.91 Å². The first-order valence-corrected chi connectivity index (χ1v) is 5.66. The largest absolute Gasteiger partial charge is 0.362 e. The van der Waals surface area contributed by atoms with E-state index < -0.39 is 0 Å². The van der Waals surface area contributed by atoms with E-state index in [2.05, 4.69) is 15.5 Å². The minimum Gasteiger partial charge on any atom is -0.362 e. The fraction of sp³-hybridized carbons (Fsp3) is 0.250. The average molecular weight is 261 g/mol. The van der Waals surface area contributed by atoms with E-state index in [4.69, 9.17) is 4.74 Å². The van der Waals surface area contributed by atoms with Crippen molar-refractivity contribution in [2.75, 3.05) is 12.4 Å². The maximum absolute atomic E-state index is 11.7. The molecule has 0 radical (unpaired) electrons. The molecule has 0 bridgehead atoms. The summed E-state index contributed by atoms with van der Waals surface area (Å²) in [4.78, 5) is 11.7. The molecule has 0 spiro atoms. The van der Waals surface area contributed by atoms with Crippen LogP contribution in [0.25, 0.3) is 6.08 Å². The Kier molecular flexibility index (Phi) is 4.09. The van der Waals surface area contributed by atoms with Crippen molar-refractivity contribution in [2.45, 2.75) is 6.73 Å². The topological polar surface area (TPSA) is 74.0 Å². The molecule has 19 heavy (non-hydrogen) atoms. The van der Waals surface area contributed by atoms with Crippen LogP contribution in [0.15, 0.2) is 30.9 Å². The summed E-state index contributed by atoms with van der Waals surface area (Å²) in [5, 5.41) is 10.7. The molecule has 2 heterocycles. The number of amides is 1. The molecule has 2 aromatic heterocycles. The SMILES string of the molecule is COCn1cc(NC(=O)/C=C/c2cnn(C)c2)cn1. The van der Waals surface area contributed by atoms with Crippen molar-refractivity contribution in [1.82, 2.24) is 19.6 Å². The number of carbonyl (C=O) groups excluding carboxylic acids is 1. The molecule has 0 aromatic carbocycles. The second-order valence-corrected chi connectivity index (χ2v) is 3.96. The number of rotatable bonds is 5. The second-order valence-electron chi connectivity index (χ2n) is 3.96. The van der Waals surface area contributed by atoms with E-state index in [9.17, 15) is 4.79 Å². The van der Waals surface area contributed by atoms with Gasteiger partial charge in [-0.15, -0.1) is 0 Å². The van der Waals surface area contributed by atoms with Crippen LogP contribution < -0.4 is 5.32 Å². The van der Waals surface area contributed by atoms with Crippen molar-refractivity contribution in [3.05, 3.63) is 36.4 Å². The third-order valence-corrected chi connectivity index (χ3v) is 2.31. The molecule has 7 heteroatoms. The smallest absolute Gasteiger partial charge is 0.248 e. The number of hydrogen-bond acceptors (Lipinski definition) is 4. The van der Waals surface area contributed by atoms with Gasteiger partial charge in [0.1, 0.15) is 6.73 Å². The van der Waals surface area contributed by atoms with Crippen LogP contribution in [0.4, 0.5) is 5.69 Å². The first kappa shape index (κ1) is 13.0. The van der Waals surface area contributed by atoms with E-state index in [0.29, 0.717) is 12.4 Å². The van der Waals surface area contributed by atoms with Gasteiger partial charge < -0.3 is 10.1 Å². The Bertz CT molecular complexity index is 584. The standard InChI is InChI=1S/C12H15N5O2/c1-16-7-10(5-13-16)3-4-12(18)15-11-6-14-17(8-11)9-19-2/h3-8H,9H2,1-2H3,(H,15,18)/b4-3+.